The quantitative estimate of drug-likeness (QED) is 0.765. The zero-order valence-corrected chi connectivity index (χ0v) is 13.8. The summed E-state index contributed by atoms with van der Waals surface area (Å²) in [6.07, 6.45) is 3.80. The summed E-state index contributed by atoms with van der Waals surface area (Å²) in [6.45, 7) is 7.22. The minimum atomic E-state index is -0.278. The third-order valence-electron chi connectivity index (χ3n) is 3.38. The van der Waals surface area contributed by atoms with E-state index >= 15 is 0 Å². The Labute approximate surface area is 129 Å². The van der Waals surface area contributed by atoms with Crippen molar-refractivity contribution < 1.29 is 9.53 Å². The summed E-state index contributed by atoms with van der Waals surface area (Å²) in [5, 5.41) is 0.962. The molecular weight excluding hydrogens is 286 g/mol. The second kappa shape index (κ2) is 6.85. The van der Waals surface area contributed by atoms with Gasteiger partial charge in [-0.3, -0.25) is 0 Å². The van der Waals surface area contributed by atoms with Gasteiger partial charge in [0.15, 0.2) is 0 Å². The van der Waals surface area contributed by atoms with Crippen LogP contribution in [0.1, 0.15) is 41.9 Å². The first-order valence-electron chi connectivity index (χ1n) is 7.22. The Bertz CT molecular complexity index is 639. The van der Waals surface area contributed by atoms with Crippen LogP contribution in [0.2, 0.25) is 0 Å². The molecular formula is C15H21N3O2S. The first-order valence-corrected chi connectivity index (χ1v) is 8.04. The summed E-state index contributed by atoms with van der Waals surface area (Å²) in [7, 11) is 2.03. The number of fused-ring (bicyclic) bond motifs is 1. The van der Waals surface area contributed by atoms with E-state index in [1.165, 1.54) is 11.3 Å². The van der Waals surface area contributed by atoms with E-state index in [0.29, 0.717) is 11.5 Å². The predicted molar refractivity (Wildman–Crippen MR) is 86.3 cm³/mol. The number of thiophene rings is 1. The average Bonchev–Trinajstić information content (AvgIpc) is 2.82. The van der Waals surface area contributed by atoms with Crippen molar-refractivity contribution in [3.63, 3.8) is 0 Å². The van der Waals surface area contributed by atoms with Crippen molar-refractivity contribution in [3.8, 4) is 0 Å². The molecule has 2 aromatic rings. The largest absolute Gasteiger partial charge is 0.462 e. The molecule has 0 fully saturated rings. The fourth-order valence-electron chi connectivity index (χ4n) is 2.23. The highest BCUT2D eigenvalue weighted by Gasteiger charge is 2.21. The Morgan fingerprint density at radius 3 is 2.81 bits per heavy atom. The van der Waals surface area contributed by atoms with Crippen LogP contribution in [-0.2, 0) is 4.74 Å². The third-order valence-corrected chi connectivity index (χ3v) is 4.56. The Kier molecular flexibility index (Phi) is 5.12. The molecule has 0 aliphatic carbocycles. The van der Waals surface area contributed by atoms with E-state index in [4.69, 9.17) is 4.74 Å². The van der Waals surface area contributed by atoms with Gasteiger partial charge >= 0.3 is 5.97 Å². The van der Waals surface area contributed by atoms with Gasteiger partial charge < -0.3 is 9.64 Å². The van der Waals surface area contributed by atoms with Crippen LogP contribution in [0.15, 0.2) is 6.33 Å². The molecule has 0 radical (unpaired) electrons. The molecule has 0 aliphatic heterocycles. The van der Waals surface area contributed by atoms with Crippen LogP contribution in [0.3, 0.4) is 0 Å². The molecule has 0 saturated carbocycles. The maximum Gasteiger partial charge on any atom is 0.348 e. The molecule has 0 aromatic carbocycles. The number of aryl methyl sites for hydroxylation is 1. The van der Waals surface area contributed by atoms with Gasteiger partial charge in [-0.05, 0) is 25.8 Å². The Hall–Kier alpha value is -1.69. The summed E-state index contributed by atoms with van der Waals surface area (Å²) >= 11 is 1.38. The molecule has 2 heterocycles. The monoisotopic (exact) mass is 307 g/mol. The zero-order chi connectivity index (χ0) is 15.4. The van der Waals surface area contributed by atoms with Gasteiger partial charge in [-0.25, -0.2) is 14.8 Å². The Morgan fingerprint density at radius 1 is 1.38 bits per heavy atom. The summed E-state index contributed by atoms with van der Waals surface area (Å²) < 4.78 is 5.11. The summed E-state index contributed by atoms with van der Waals surface area (Å²) in [4.78, 5) is 24.3. The van der Waals surface area contributed by atoms with Crippen LogP contribution >= 0.6 is 11.3 Å². The Morgan fingerprint density at radius 2 is 2.14 bits per heavy atom. The molecule has 0 spiro atoms. The number of hydrogen-bond acceptors (Lipinski definition) is 6. The van der Waals surface area contributed by atoms with E-state index in [0.717, 1.165) is 41.0 Å². The highest BCUT2D eigenvalue weighted by molar-refractivity contribution is 7.20. The Balaban J connectivity index is 2.46. The van der Waals surface area contributed by atoms with Gasteiger partial charge in [-0.15, -0.1) is 11.3 Å². The number of nitrogens with zero attached hydrogens (tertiary/aromatic N) is 3. The van der Waals surface area contributed by atoms with Crippen molar-refractivity contribution in [3.05, 3.63) is 16.8 Å². The molecule has 0 amide bonds. The normalized spacial score (nSPS) is 10.9. The summed E-state index contributed by atoms with van der Waals surface area (Å²) in [6, 6.07) is 0. The number of ether oxygens (including phenoxy) is 1. The lowest BCUT2D eigenvalue weighted by atomic mass is 10.2. The van der Waals surface area contributed by atoms with Crippen LogP contribution in [0.5, 0.6) is 0 Å². The van der Waals surface area contributed by atoms with Crippen molar-refractivity contribution in [2.24, 2.45) is 0 Å². The lowest BCUT2D eigenvalue weighted by Gasteiger charge is -2.18. The van der Waals surface area contributed by atoms with E-state index in [-0.39, 0.29) is 5.97 Å². The molecule has 0 N–H and O–H groups in total. The first kappa shape index (κ1) is 15.7. The lowest BCUT2D eigenvalue weighted by Crippen LogP contribution is -2.20. The molecule has 0 saturated heterocycles. The van der Waals surface area contributed by atoms with Gasteiger partial charge in [-0.2, -0.15) is 0 Å². The number of rotatable bonds is 6. The topological polar surface area (TPSA) is 55.3 Å². The van der Waals surface area contributed by atoms with Gasteiger partial charge in [0.1, 0.15) is 21.9 Å². The van der Waals surface area contributed by atoms with Crippen LogP contribution in [0, 0.1) is 6.92 Å². The molecule has 0 atom stereocenters. The van der Waals surface area contributed by atoms with E-state index < -0.39 is 0 Å². The van der Waals surface area contributed by atoms with Crippen LogP contribution in [0.25, 0.3) is 10.2 Å². The minimum Gasteiger partial charge on any atom is -0.462 e. The van der Waals surface area contributed by atoms with E-state index in [1.807, 2.05) is 20.9 Å². The second-order valence-electron chi connectivity index (χ2n) is 4.93. The van der Waals surface area contributed by atoms with Gasteiger partial charge in [0.05, 0.1) is 12.0 Å². The minimum absolute atomic E-state index is 0.278. The lowest BCUT2D eigenvalue weighted by molar-refractivity contribution is 0.0531. The molecule has 0 bridgehead atoms. The highest BCUT2D eigenvalue weighted by atomic mass is 32.1. The fraction of sp³-hybridized carbons (Fsp3) is 0.533. The second-order valence-corrected chi connectivity index (χ2v) is 5.93. The van der Waals surface area contributed by atoms with Crippen molar-refractivity contribution in [2.45, 2.75) is 33.6 Å². The fourth-order valence-corrected chi connectivity index (χ4v) is 3.27. The zero-order valence-electron chi connectivity index (χ0n) is 13.0. The third kappa shape index (κ3) is 3.15. The number of carbonyl (C=O) groups is 1. The maximum atomic E-state index is 12.0. The SMILES string of the molecule is CCCCN(C)c1ncnc2sc(C(=O)OCC)c(C)c12. The van der Waals surface area contributed by atoms with Crippen molar-refractivity contribution in [1.29, 1.82) is 0 Å². The van der Waals surface area contributed by atoms with Crippen LogP contribution < -0.4 is 4.90 Å². The van der Waals surface area contributed by atoms with Gasteiger partial charge in [0, 0.05) is 13.6 Å². The van der Waals surface area contributed by atoms with Gasteiger partial charge in [0.2, 0.25) is 0 Å². The first-order chi connectivity index (χ1) is 10.1. The number of carbonyl (C=O) groups excluding carboxylic acids is 1. The van der Waals surface area contributed by atoms with Crippen molar-refractivity contribution >= 4 is 33.3 Å². The van der Waals surface area contributed by atoms with E-state index in [9.17, 15) is 4.79 Å². The molecule has 5 nitrogen and oxygen atoms in total. The number of unbranched alkanes of at least 4 members (excludes halogenated alkanes) is 1. The molecule has 2 aromatic heterocycles. The van der Waals surface area contributed by atoms with Gasteiger partial charge in [-0.1, -0.05) is 13.3 Å². The molecule has 0 aliphatic rings. The smallest absolute Gasteiger partial charge is 0.348 e. The number of aromatic nitrogens is 2. The van der Waals surface area contributed by atoms with Crippen molar-refractivity contribution in [1.82, 2.24) is 9.97 Å². The van der Waals surface area contributed by atoms with Gasteiger partial charge in [0.25, 0.3) is 0 Å². The molecule has 114 valence electrons. The number of hydrogen-bond donors (Lipinski definition) is 0. The maximum absolute atomic E-state index is 12.0. The average molecular weight is 307 g/mol. The summed E-state index contributed by atoms with van der Waals surface area (Å²) in [5.41, 5.74) is 0.910. The summed E-state index contributed by atoms with van der Waals surface area (Å²) in [5.74, 6) is 0.609. The molecule has 6 heteroatoms. The molecule has 21 heavy (non-hydrogen) atoms. The van der Waals surface area contributed by atoms with Crippen LogP contribution in [0.4, 0.5) is 5.82 Å². The molecule has 2 rings (SSSR count). The number of anilines is 1. The number of esters is 1. The molecule has 0 unspecified atom stereocenters. The van der Waals surface area contributed by atoms with E-state index in [2.05, 4.69) is 21.8 Å². The van der Waals surface area contributed by atoms with Crippen LogP contribution in [-0.4, -0.2) is 36.1 Å². The highest BCUT2D eigenvalue weighted by Crippen LogP contribution is 2.34. The van der Waals surface area contributed by atoms with E-state index in [1.54, 1.807) is 6.33 Å². The standard InChI is InChI=1S/C15H21N3O2S/c1-5-7-8-18(4)13-11-10(3)12(15(19)20-6-2)21-14(11)17-9-16-13/h9H,5-8H2,1-4H3. The predicted octanol–water partition coefficient (Wildman–Crippen LogP) is 3.41. The van der Waals surface area contributed by atoms with Crippen molar-refractivity contribution in [2.75, 3.05) is 25.1 Å².